The average molecular weight is 235 g/mol. The Morgan fingerprint density at radius 3 is 2.53 bits per heavy atom. The molecule has 1 aliphatic carbocycles. The molecule has 3 heteroatoms. The van der Waals surface area contributed by atoms with Gasteiger partial charge in [0.05, 0.1) is 0 Å². The van der Waals surface area contributed by atoms with Crippen molar-refractivity contribution in [2.75, 3.05) is 39.3 Å². The van der Waals surface area contributed by atoms with Crippen LogP contribution < -0.4 is 5.73 Å². The number of nitrogens with two attached hydrogens (primary N) is 1. The second-order valence-corrected chi connectivity index (χ2v) is 4.93. The van der Waals surface area contributed by atoms with Crippen molar-refractivity contribution >= 4 is 0 Å². The number of allylic oxidation sites excluding steroid dienone is 3. The Kier molecular flexibility index (Phi) is 5.08. The number of piperazine rings is 1. The highest BCUT2D eigenvalue weighted by atomic mass is 15.3. The van der Waals surface area contributed by atoms with Crippen molar-refractivity contribution in [3.05, 3.63) is 23.9 Å². The van der Waals surface area contributed by atoms with E-state index in [4.69, 9.17) is 5.73 Å². The van der Waals surface area contributed by atoms with E-state index in [1.807, 2.05) is 0 Å². The zero-order valence-corrected chi connectivity index (χ0v) is 10.8. The summed E-state index contributed by atoms with van der Waals surface area (Å²) in [7, 11) is 0. The molecule has 3 nitrogen and oxygen atoms in total. The molecular weight excluding hydrogens is 210 g/mol. The Balaban J connectivity index is 1.70. The summed E-state index contributed by atoms with van der Waals surface area (Å²) in [6.07, 6.45) is 11.8. The number of hydrogen-bond donors (Lipinski definition) is 1. The van der Waals surface area contributed by atoms with Gasteiger partial charge in [-0.1, -0.05) is 12.2 Å². The molecule has 0 radical (unpaired) electrons. The molecule has 0 bridgehead atoms. The SMILES string of the molecule is NCCCCN1CCN(C2=CCCC=C2)CC1. The van der Waals surface area contributed by atoms with E-state index in [0.717, 1.165) is 13.0 Å². The Hall–Kier alpha value is -0.800. The third kappa shape index (κ3) is 3.86. The zero-order chi connectivity index (χ0) is 11.9. The summed E-state index contributed by atoms with van der Waals surface area (Å²) in [6.45, 7) is 6.82. The molecule has 96 valence electrons. The van der Waals surface area contributed by atoms with E-state index in [1.54, 1.807) is 0 Å². The molecule has 17 heavy (non-hydrogen) atoms. The second kappa shape index (κ2) is 6.82. The molecule has 0 aromatic carbocycles. The van der Waals surface area contributed by atoms with Crippen molar-refractivity contribution in [1.29, 1.82) is 0 Å². The van der Waals surface area contributed by atoms with Gasteiger partial charge in [-0.15, -0.1) is 0 Å². The van der Waals surface area contributed by atoms with Gasteiger partial charge in [0.25, 0.3) is 0 Å². The van der Waals surface area contributed by atoms with E-state index >= 15 is 0 Å². The van der Waals surface area contributed by atoms with Crippen molar-refractivity contribution < 1.29 is 0 Å². The topological polar surface area (TPSA) is 32.5 Å². The molecule has 2 N–H and O–H groups in total. The van der Waals surface area contributed by atoms with Gasteiger partial charge in [0, 0.05) is 31.9 Å². The van der Waals surface area contributed by atoms with Crippen molar-refractivity contribution in [2.24, 2.45) is 5.73 Å². The fraction of sp³-hybridized carbons (Fsp3) is 0.714. The monoisotopic (exact) mass is 235 g/mol. The van der Waals surface area contributed by atoms with E-state index in [0.29, 0.717) is 0 Å². The average Bonchev–Trinajstić information content (AvgIpc) is 2.41. The van der Waals surface area contributed by atoms with Crippen LogP contribution in [0, 0.1) is 0 Å². The molecule has 1 aliphatic heterocycles. The molecule has 1 fully saturated rings. The Bertz CT molecular complexity index is 275. The van der Waals surface area contributed by atoms with Gasteiger partial charge in [-0.05, 0) is 44.8 Å². The lowest BCUT2D eigenvalue weighted by Crippen LogP contribution is -2.45. The molecule has 2 aliphatic rings. The van der Waals surface area contributed by atoms with E-state index < -0.39 is 0 Å². The molecule has 0 aromatic rings. The van der Waals surface area contributed by atoms with Gasteiger partial charge in [0.15, 0.2) is 0 Å². The summed E-state index contributed by atoms with van der Waals surface area (Å²) in [5, 5.41) is 0. The third-order valence-electron chi connectivity index (χ3n) is 3.64. The minimum atomic E-state index is 0.831. The van der Waals surface area contributed by atoms with Gasteiger partial charge < -0.3 is 10.6 Å². The van der Waals surface area contributed by atoms with Crippen LogP contribution >= 0.6 is 0 Å². The minimum absolute atomic E-state index is 0.831. The maximum atomic E-state index is 5.52. The standard InChI is InChI=1S/C14H25N3/c15-8-4-5-9-16-10-12-17(13-11-16)14-6-2-1-3-7-14/h2,6-7H,1,3-5,8-13,15H2. The van der Waals surface area contributed by atoms with Gasteiger partial charge >= 0.3 is 0 Å². The predicted molar refractivity (Wildman–Crippen MR) is 72.8 cm³/mol. The van der Waals surface area contributed by atoms with Gasteiger partial charge in [0.1, 0.15) is 0 Å². The van der Waals surface area contributed by atoms with Crippen LogP contribution in [0.15, 0.2) is 23.9 Å². The number of unbranched alkanes of at least 4 members (excludes halogenated alkanes) is 1. The largest absolute Gasteiger partial charge is 0.369 e. The highest BCUT2D eigenvalue weighted by Gasteiger charge is 2.17. The Morgan fingerprint density at radius 2 is 1.88 bits per heavy atom. The fourth-order valence-corrected chi connectivity index (χ4v) is 2.54. The van der Waals surface area contributed by atoms with Crippen molar-refractivity contribution in [3.63, 3.8) is 0 Å². The summed E-state index contributed by atoms with van der Waals surface area (Å²) < 4.78 is 0. The first kappa shape index (κ1) is 12.7. The smallest absolute Gasteiger partial charge is 0.0323 e. The summed E-state index contributed by atoms with van der Waals surface area (Å²) >= 11 is 0. The maximum Gasteiger partial charge on any atom is 0.0323 e. The lowest BCUT2D eigenvalue weighted by atomic mass is 10.1. The summed E-state index contributed by atoms with van der Waals surface area (Å²) in [5.41, 5.74) is 6.96. The fourth-order valence-electron chi connectivity index (χ4n) is 2.54. The van der Waals surface area contributed by atoms with E-state index in [2.05, 4.69) is 28.0 Å². The lowest BCUT2D eigenvalue weighted by molar-refractivity contribution is 0.159. The molecule has 2 rings (SSSR count). The first-order valence-corrected chi connectivity index (χ1v) is 6.94. The van der Waals surface area contributed by atoms with E-state index in [1.165, 1.54) is 57.7 Å². The summed E-state index contributed by atoms with van der Waals surface area (Å²) in [5.74, 6) is 0. The first-order chi connectivity index (χ1) is 8.40. The van der Waals surface area contributed by atoms with Gasteiger partial charge in [-0.3, -0.25) is 4.90 Å². The third-order valence-corrected chi connectivity index (χ3v) is 3.64. The van der Waals surface area contributed by atoms with Crippen molar-refractivity contribution in [2.45, 2.75) is 25.7 Å². The Morgan fingerprint density at radius 1 is 1.06 bits per heavy atom. The molecule has 1 saturated heterocycles. The zero-order valence-electron chi connectivity index (χ0n) is 10.8. The molecule has 0 unspecified atom stereocenters. The van der Waals surface area contributed by atoms with Crippen LogP contribution in [0.3, 0.4) is 0 Å². The Labute approximate surface area is 105 Å². The normalized spacial score (nSPS) is 21.7. The highest BCUT2D eigenvalue weighted by molar-refractivity contribution is 5.21. The van der Waals surface area contributed by atoms with E-state index in [-0.39, 0.29) is 0 Å². The molecule has 0 spiro atoms. The second-order valence-electron chi connectivity index (χ2n) is 4.93. The number of rotatable bonds is 5. The quantitative estimate of drug-likeness (QED) is 0.734. The highest BCUT2D eigenvalue weighted by Crippen LogP contribution is 2.16. The van der Waals surface area contributed by atoms with Crippen molar-refractivity contribution in [3.8, 4) is 0 Å². The lowest BCUT2D eigenvalue weighted by Gasteiger charge is -2.37. The van der Waals surface area contributed by atoms with Crippen molar-refractivity contribution in [1.82, 2.24) is 9.80 Å². The molecule has 0 saturated carbocycles. The van der Waals surface area contributed by atoms with Gasteiger partial charge in [-0.2, -0.15) is 0 Å². The number of nitrogens with zero attached hydrogens (tertiary/aromatic N) is 2. The molecule has 0 aromatic heterocycles. The van der Waals surface area contributed by atoms with Gasteiger partial charge in [0.2, 0.25) is 0 Å². The van der Waals surface area contributed by atoms with E-state index in [9.17, 15) is 0 Å². The van der Waals surface area contributed by atoms with Crippen LogP contribution in [0.25, 0.3) is 0 Å². The predicted octanol–water partition coefficient (Wildman–Crippen LogP) is 1.58. The van der Waals surface area contributed by atoms with Gasteiger partial charge in [-0.25, -0.2) is 0 Å². The van der Waals surface area contributed by atoms with Crippen LogP contribution in [0.2, 0.25) is 0 Å². The molecule has 1 heterocycles. The van der Waals surface area contributed by atoms with Crippen LogP contribution in [0.4, 0.5) is 0 Å². The van der Waals surface area contributed by atoms with Crippen LogP contribution in [-0.4, -0.2) is 49.1 Å². The maximum absolute atomic E-state index is 5.52. The van der Waals surface area contributed by atoms with Crippen LogP contribution in [0.1, 0.15) is 25.7 Å². The molecular formula is C14H25N3. The molecule has 0 amide bonds. The van der Waals surface area contributed by atoms with Crippen LogP contribution in [0.5, 0.6) is 0 Å². The number of hydrogen-bond acceptors (Lipinski definition) is 3. The summed E-state index contributed by atoms with van der Waals surface area (Å²) in [6, 6.07) is 0. The van der Waals surface area contributed by atoms with Crippen LogP contribution in [-0.2, 0) is 0 Å². The molecule has 0 atom stereocenters. The first-order valence-electron chi connectivity index (χ1n) is 6.94. The summed E-state index contributed by atoms with van der Waals surface area (Å²) in [4.78, 5) is 5.09. The minimum Gasteiger partial charge on any atom is -0.369 e.